The highest BCUT2D eigenvalue weighted by atomic mass is 79.9. The number of hydrogen-bond donors (Lipinski definition) is 1. The molecule has 0 atom stereocenters. The molecule has 1 aromatic rings. The first-order chi connectivity index (χ1) is 8.65. The number of ether oxygens (including phenoxy) is 1. The molecule has 0 aliphatic heterocycles. The summed E-state index contributed by atoms with van der Waals surface area (Å²) in [6.07, 6.45) is 0.728. The summed E-state index contributed by atoms with van der Waals surface area (Å²) in [6.45, 7) is 1.75. The second kappa shape index (κ2) is 8.61. The Bertz CT molecular complexity index is 402. The van der Waals surface area contributed by atoms with Crippen molar-refractivity contribution in [3.63, 3.8) is 0 Å². The lowest BCUT2D eigenvalue weighted by Gasteiger charge is -2.07. The van der Waals surface area contributed by atoms with Crippen LogP contribution in [0.15, 0.2) is 22.7 Å². The first-order valence-electron chi connectivity index (χ1n) is 5.52. The van der Waals surface area contributed by atoms with E-state index in [4.69, 9.17) is 4.74 Å². The third kappa shape index (κ3) is 5.46. The van der Waals surface area contributed by atoms with E-state index in [0.717, 1.165) is 11.8 Å². The van der Waals surface area contributed by atoms with Crippen LogP contribution in [0.3, 0.4) is 0 Å². The van der Waals surface area contributed by atoms with Crippen molar-refractivity contribution in [2.24, 2.45) is 0 Å². The van der Waals surface area contributed by atoms with Crippen molar-refractivity contribution < 1.29 is 13.9 Å². The number of carbonyl (C=O) groups excluding carboxylic acids is 1. The highest BCUT2D eigenvalue weighted by molar-refractivity contribution is 9.10. The van der Waals surface area contributed by atoms with Crippen LogP contribution in [0.5, 0.6) is 0 Å². The van der Waals surface area contributed by atoms with Gasteiger partial charge in [-0.05, 0) is 40.5 Å². The van der Waals surface area contributed by atoms with E-state index in [9.17, 15) is 9.18 Å². The summed E-state index contributed by atoms with van der Waals surface area (Å²) in [4.78, 5) is 11.8. The summed E-state index contributed by atoms with van der Waals surface area (Å²) in [7, 11) is 0. The Morgan fingerprint density at radius 1 is 1.39 bits per heavy atom. The van der Waals surface area contributed by atoms with Gasteiger partial charge < -0.3 is 10.1 Å². The fourth-order valence-corrected chi connectivity index (χ4v) is 1.96. The SMILES string of the molecule is O=C(NCCCOCCBr)c1cc(F)ccc1Br. The molecule has 6 heteroatoms. The summed E-state index contributed by atoms with van der Waals surface area (Å²) in [6, 6.07) is 4.03. The van der Waals surface area contributed by atoms with Crippen LogP contribution in [0.1, 0.15) is 16.8 Å². The molecule has 0 spiro atoms. The average Bonchev–Trinajstić information content (AvgIpc) is 2.36. The summed E-state index contributed by atoms with van der Waals surface area (Å²) in [5.41, 5.74) is 0.302. The van der Waals surface area contributed by atoms with Crippen molar-refractivity contribution in [2.75, 3.05) is 25.1 Å². The van der Waals surface area contributed by atoms with E-state index in [1.165, 1.54) is 18.2 Å². The number of nitrogens with one attached hydrogen (secondary N) is 1. The Morgan fingerprint density at radius 3 is 2.89 bits per heavy atom. The molecule has 1 N–H and O–H groups in total. The zero-order valence-electron chi connectivity index (χ0n) is 9.72. The maximum Gasteiger partial charge on any atom is 0.252 e. The summed E-state index contributed by atoms with van der Waals surface area (Å²) >= 11 is 6.47. The average molecular weight is 383 g/mol. The van der Waals surface area contributed by atoms with Crippen LogP contribution in [-0.4, -0.2) is 31.0 Å². The molecule has 1 aromatic carbocycles. The lowest BCUT2D eigenvalue weighted by Crippen LogP contribution is -2.25. The molecule has 0 saturated heterocycles. The predicted molar refractivity (Wildman–Crippen MR) is 75.7 cm³/mol. The van der Waals surface area contributed by atoms with Crippen LogP contribution in [-0.2, 0) is 4.74 Å². The van der Waals surface area contributed by atoms with E-state index in [-0.39, 0.29) is 5.91 Å². The minimum absolute atomic E-state index is 0.290. The Kier molecular flexibility index (Phi) is 7.46. The van der Waals surface area contributed by atoms with Crippen molar-refractivity contribution in [1.82, 2.24) is 5.32 Å². The standard InChI is InChI=1S/C12H14Br2FNO2/c13-4-7-18-6-1-5-16-12(17)10-8-9(15)2-3-11(10)14/h2-3,8H,1,4-7H2,(H,16,17). The van der Waals surface area contributed by atoms with Gasteiger partial charge in [0, 0.05) is 23.0 Å². The fourth-order valence-electron chi connectivity index (χ4n) is 1.30. The Hall–Kier alpha value is -0.460. The van der Waals surface area contributed by atoms with E-state index in [0.29, 0.717) is 29.8 Å². The maximum absolute atomic E-state index is 13.0. The van der Waals surface area contributed by atoms with Crippen molar-refractivity contribution in [2.45, 2.75) is 6.42 Å². The van der Waals surface area contributed by atoms with Gasteiger partial charge >= 0.3 is 0 Å². The summed E-state index contributed by atoms with van der Waals surface area (Å²) < 4.78 is 18.8. The molecule has 0 fully saturated rings. The van der Waals surface area contributed by atoms with Crippen molar-refractivity contribution >= 4 is 37.8 Å². The van der Waals surface area contributed by atoms with Gasteiger partial charge in [-0.1, -0.05) is 15.9 Å². The minimum Gasteiger partial charge on any atom is -0.381 e. The number of benzene rings is 1. The van der Waals surface area contributed by atoms with Crippen molar-refractivity contribution in [3.05, 3.63) is 34.1 Å². The number of hydrogen-bond acceptors (Lipinski definition) is 2. The molecule has 0 aliphatic rings. The number of amides is 1. The molecule has 1 amide bonds. The summed E-state index contributed by atoms with van der Waals surface area (Å²) in [5.74, 6) is -0.717. The van der Waals surface area contributed by atoms with Crippen LogP contribution in [0, 0.1) is 5.82 Å². The predicted octanol–water partition coefficient (Wildman–Crippen LogP) is 3.12. The van der Waals surface area contributed by atoms with Gasteiger partial charge in [0.25, 0.3) is 5.91 Å². The second-order valence-corrected chi connectivity index (χ2v) is 5.18. The molecule has 0 unspecified atom stereocenters. The second-order valence-electron chi connectivity index (χ2n) is 3.53. The highest BCUT2D eigenvalue weighted by Gasteiger charge is 2.10. The highest BCUT2D eigenvalue weighted by Crippen LogP contribution is 2.17. The zero-order chi connectivity index (χ0) is 13.4. The monoisotopic (exact) mass is 381 g/mol. The lowest BCUT2D eigenvalue weighted by atomic mass is 10.2. The van der Waals surface area contributed by atoms with Crippen LogP contribution in [0.25, 0.3) is 0 Å². The summed E-state index contributed by atoms with van der Waals surface area (Å²) in [5, 5.41) is 3.52. The normalized spacial score (nSPS) is 10.4. The molecule has 0 aromatic heterocycles. The van der Waals surface area contributed by atoms with Gasteiger partial charge in [0.2, 0.25) is 0 Å². The molecule has 0 saturated carbocycles. The van der Waals surface area contributed by atoms with Gasteiger partial charge in [0.15, 0.2) is 0 Å². The molecular weight excluding hydrogens is 369 g/mol. The largest absolute Gasteiger partial charge is 0.381 e. The quantitative estimate of drug-likeness (QED) is 0.581. The first kappa shape index (κ1) is 15.6. The van der Waals surface area contributed by atoms with Gasteiger partial charge in [0.05, 0.1) is 12.2 Å². The smallest absolute Gasteiger partial charge is 0.252 e. The minimum atomic E-state index is -0.427. The maximum atomic E-state index is 13.0. The van der Waals surface area contributed by atoms with Gasteiger partial charge in [-0.3, -0.25) is 4.79 Å². The van der Waals surface area contributed by atoms with Crippen LogP contribution < -0.4 is 5.32 Å². The molecule has 18 heavy (non-hydrogen) atoms. The third-order valence-corrected chi connectivity index (χ3v) is 3.16. The van der Waals surface area contributed by atoms with Gasteiger partial charge in [-0.25, -0.2) is 4.39 Å². The van der Waals surface area contributed by atoms with Crippen LogP contribution in [0.4, 0.5) is 4.39 Å². The van der Waals surface area contributed by atoms with Crippen LogP contribution >= 0.6 is 31.9 Å². The molecular formula is C12H14Br2FNO2. The number of carbonyl (C=O) groups is 1. The number of rotatable bonds is 7. The Labute approximate surface area is 122 Å². The third-order valence-electron chi connectivity index (χ3n) is 2.15. The fraction of sp³-hybridized carbons (Fsp3) is 0.417. The molecule has 0 radical (unpaired) electrons. The Balaban J connectivity index is 2.34. The molecule has 0 bridgehead atoms. The molecule has 100 valence electrons. The van der Waals surface area contributed by atoms with E-state index < -0.39 is 5.82 Å². The van der Waals surface area contributed by atoms with Crippen molar-refractivity contribution in [3.8, 4) is 0 Å². The number of alkyl halides is 1. The topological polar surface area (TPSA) is 38.3 Å². The lowest BCUT2D eigenvalue weighted by molar-refractivity contribution is 0.0943. The molecule has 0 heterocycles. The van der Waals surface area contributed by atoms with Crippen LogP contribution in [0.2, 0.25) is 0 Å². The van der Waals surface area contributed by atoms with E-state index in [2.05, 4.69) is 37.2 Å². The van der Waals surface area contributed by atoms with E-state index in [1.807, 2.05) is 0 Å². The van der Waals surface area contributed by atoms with Gasteiger partial charge in [-0.2, -0.15) is 0 Å². The number of halogens is 3. The molecule has 3 nitrogen and oxygen atoms in total. The first-order valence-corrected chi connectivity index (χ1v) is 7.43. The zero-order valence-corrected chi connectivity index (χ0v) is 12.9. The molecule has 0 aliphatic carbocycles. The van der Waals surface area contributed by atoms with E-state index >= 15 is 0 Å². The van der Waals surface area contributed by atoms with Gasteiger partial charge in [0.1, 0.15) is 5.82 Å². The van der Waals surface area contributed by atoms with Gasteiger partial charge in [-0.15, -0.1) is 0 Å². The Morgan fingerprint density at radius 2 is 2.17 bits per heavy atom. The van der Waals surface area contributed by atoms with E-state index in [1.54, 1.807) is 0 Å². The molecule has 1 rings (SSSR count). The van der Waals surface area contributed by atoms with Crippen molar-refractivity contribution in [1.29, 1.82) is 0 Å².